The van der Waals surface area contributed by atoms with E-state index in [1.54, 1.807) is 6.07 Å². The van der Waals surface area contributed by atoms with Gasteiger partial charge in [0.2, 0.25) is 11.8 Å². The molecule has 0 bridgehead atoms. The molecule has 0 radical (unpaired) electrons. The average molecular weight is 318 g/mol. The van der Waals surface area contributed by atoms with Crippen LogP contribution in [-0.2, 0) is 9.59 Å². The molecule has 1 heterocycles. The number of benzene rings is 1. The van der Waals surface area contributed by atoms with Crippen LogP contribution < -0.4 is 16.4 Å². The number of rotatable bonds is 5. The Kier molecular flexibility index (Phi) is 4.95. The lowest BCUT2D eigenvalue weighted by atomic mass is 9.95. The van der Waals surface area contributed by atoms with E-state index in [1.165, 1.54) is 24.3 Å². The SMILES string of the molecule is NC(=O)/C=C/c1cc([N+](=O)[O-])ccc1N1CCC(C(N)=O)CC1. The van der Waals surface area contributed by atoms with Crippen molar-refractivity contribution in [3.05, 3.63) is 40.0 Å². The van der Waals surface area contributed by atoms with Crippen LogP contribution in [0.4, 0.5) is 11.4 Å². The number of nitrogens with zero attached hydrogens (tertiary/aromatic N) is 2. The first-order valence-corrected chi connectivity index (χ1v) is 7.18. The van der Waals surface area contributed by atoms with Crippen molar-refractivity contribution in [1.29, 1.82) is 0 Å². The van der Waals surface area contributed by atoms with Crippen LogP contribution in [0.2, 0.25) is 0 Å². The molecule has 2 rings (SSSR count). The molecule has 1 aromatic carbocycles. The van der Waals surface area contributed by atoms with Gasteiger partial charge in [0.05, 0.1) is 4.92 Å². The molecule has 1 saturated heterocycles. The van der Waals surface area contributed by atoms with Gasteiger partial charge in [0.25, 0.3) is 5.69 Å². The number of hydrogen-bond acceptors (Lipinski definition) is 5. The lowest BCUT2D eigenvalue weighted by molar-refractivity contribution is -0.384. The maximum atomic E-state index is 11.2. The Morgan fingerprint density at radius 1 is 1.26 bits per heavy atom. The first-order chi connectivity index (χ1) is 10.9. The van der Waals surface area contributed by atoms with Gasteiger partial charge in [-0.15, -0.1) is 0 Å². The summed E-state index contributed by atoms with van der Waals surface area (Å²) in [6.07, 6.45) is 3.89. The summed E-state index contributed by atoms with van der Waals surface area (Å²) in [6, 6.07) is 4.45. The summed E-state index contributed by atoms with van der Waals surface area (Å²) in [5, 5.41) is 10.9. The quantitative estimate of drug-likeness (QED) is 0.470. The zero-order valence-electron chi connectivity index (χ0n) is 12.5. The maximum absolute atomic E-state index is 11.2. The molecule has 0 aliphatic carbocycles. The topological polar surface area (TPSA) is 133 Å². The van der Waals surface area contributed by atoms with Crippen molar-refractivity contribution in [1.82, 2.24) is 0 Å². The molecule has 0 aromatic heterocycles. The van der Waals surface area contributed by atoms with E-state index >= 15 is 0 Å². The van der Waals surface area contributed by atoms with E-state index in [0.29, 0.717) is 31.5 Å². The molecule has 4 N–H and O–H groups in total. The summed E-state index contributed by atoms with van der Waals surface area (Å²) in [7, 11) is 0. The molecule has 8 heteroatoms. The third-order valence-electron chi connectivity index (χ3n) is 3.89. The molecule has 8 nitrogen and oxygen atoms in total. The molecule has 23 heavy (non-hydrogen) atoms. The van der Waals surface area contributed by atoms with Crippen molar-refractivity contribution in [2.45, 2.75) is 12.8 Å². The first-order valence-electron chi connectivity index (χ1n) is 7.18. The van der Waals surface area contributed by atoms with Gasteiger partial charge in [-0.3, -0.25) is 19.7 Å². The summed E-state index contributed by atoms with van der Waals surface area (Å²) >= 11 is 0. The lowest BCUT2D eigenvalue weighted by Crippen LogP contribution is -2.38. The van der Waals surface area contributed by atoms with Gasteiger partial charge in [0, 0.05) is 48.5 Å². The molecule has 2 amide bonds. The van der Waals surface area contributed by atoms with Crippen LogP contribution in [0.5, 0.6) is 0 Å². The highest BCUT2D eigenvalue weighted by Gasteiger charge is 2.24. The zero-order valence-corrected chi connectivity index (χ0v) is 12.5. The number of carbonyl (C=O) groups excluding carboxylic acids is 2. The first kappa shape index (κ1) is 16.5. The Morgan fingerprint density at radius 3 is 2.43 bits per heavy atom. The number of piperidine rings is 1. The molecule has 122 valence electrons. The minimum absolute atomic E-state index is 0.0649. The summed E-state index contributed by atoms with van der Waals surface area (Å²) < 4.78 is 0. The minimum Gasteiger partial charge on any atom is -0.371 e. The number of nitro benzene ring substituents is 1. The van der Waals surface area contributed by atoms with Crippen LogP contribution in [0.3, 0.4) is 0 Å². The number of carbonyl (C=O) groups is 2. The van der Waals surface area contributed by atoms with E-state index in [1.807, 2.05) is 4.90 Å². The number of anilines is 1. The Labute approximate surface area is 132 Å². The number of hydrogen-bond donors (Lipinski definition) is 2. The molecule has 1 aliphatic rings. The van der Waals surface area contributed by atoms with Crippen molar-refractivity contribution in [3.8, 4) is 0 Å². The number of non-ortho nitro benzene ring substituents is 1. The highest BCUT2D eigenvalue weighted by atomic mass is 16.6. The monoisotopic (exact) mass is 318 g/mol. The summed E-state index contributed by atoms with van der Waals surface area (Å²) in [5.41, 5.74) is 11.6. The molecule has 1 fully saturated rings. The molecule has 0 atom stereocenters. The van der Waals surface area contributed by atoms with Gasteiger partial charge in [0.1, 0.15) is 0 Å². The Balaban J connectivity index is 2.28. The lowest BCUT2D eigenvalue weighted by Gasteiger charge is -2.33. The Morgan fingerprint density at radius 2 is 1.91 bits per heavy atom. The fourth-order valence-corrected chi connectivity index (χ4v) is 2.65. The molecular formula is C15H18N4O4. The van der Waals surface area contributed by atoms with Crippen LogP contribution in [0.1, 0.15) is 18.4 Å². The number of nitrogens with two attached hydrogens (primary N) is 2. The highest BCUT2D eigenvalue weighted by Crippen LogP contribution is 2.30. The molecule has 1 aromatic rings. The van der Waals surface area contributed by atoms with E-state index in [-0.39, 0.29) is 17.5 Å². The van der Waals surface area contributed by atoms with Crippen molar-refractivity contribution < 1.29 is 14.5 Å². The van der Waals surface area contributed by atoms with Gasteiger partial charge in [0.15, 0.2) is 0 Å². The molecule has 1 aliphatic heterocycles. The van der Waals surface area contributed by atoms with E-state index in [0.717, 1.165) is 5.69 Å². The molecule has 0 saturated carbocycles. The minimum atomic E-state index is -0.630. The molecule has 0 unspecified atom stereocenters. The van der Waals surface area contributed by atoms with Gasteiger partial charge >= 0.3 is 0 Å². The summed E-state index contributed by atoms with van der Waals surface area (Å²) in [6.45, 7) is 1.23. The van der Waals surface area contributed by atoms with Crippen molar-refractivity contribution in [2.24, 2.45) is 17.4 Å². The second-order valence-corrected chi connectivity index (χ2v) is 5.40. The van der Waals surface area contributed by atoms with Crippen molar-refractivity contribution in [3.63, 3.8) is 0 Å². The van der Waals surface area contributed by atoms with Crippen LogP contribution in [0.25, 0.3) is 6.08 Å². The fourth-order valence-electron chi connectivity index (χ4n) is 2.65. The predicted octanol–water partition coefficient (Wildman–Crippen LogP) is 0.795. The van der Waals surface area contributed by atoms with Crippen LogP contribution in [-0.4, -0.2) is 29.8 Å². The van der Waals surface area contributed by atoms with Gasteiger partial charge in [-0.25, -0.2) is 0 Å². The summed E-state index contributed by atoms with van der Waals surface area (Å²) in [4.78, 5) is 34.6. The van der Waals surface area contributed by atoms with Crippen molar-refractivity contribution in [2.75, 3.05) is 18.0 Å². The third kappa shape index (κ3) is 4.06. The van der Waals surface area contributed by atoms with Crippen LogP contribution in [0.15, 0.2) is 24.3 Å². The van der Waals surface area contributed by atoms with Crippen molar-refractivity contribution >= 4 is 29.3 Å². The number of primary amides is 2. The average Bonchev–Trinajstić information content (AvgIpc) is 2.52. The third-order valence-corrected chi connectivity index (χ3v) is 3.89. The predicted molar refractivity (Wildman–Crippen MR) is 85.5 cm³/mol. The normalized spacial score (nSPS) is 15.7. The van der Waals surface area contributed by atoms with E-state index in [2.05, 4.69) is 0 Å². The van der Waals surface area contributed by atoms with Gasteiger partial charge in [-0.05, 0) is 25.0 Å². The molecular weight excluding hydrogens is 300 g/mol. The Bertz CT molecular complexity index is 663. The van der Waals surface area contributed by atoms with Crippen LogP contribution >= 0.6 is 0 Å². The van der Waals surface area contributed by atoms with E-state index in [4.69, 9.17) is 11.5 Å². The van der Waals surface area contributed by atoms with Gasteiger partial charge in [-0.2, -0.15) is 0 Å². The van der Waals surface area contributed by atoms with E-state index in [9.17, 15) is 19.7 Å². The number of nitro groups is 1. The van der Waals surface area contributed by atoms with Gasteiger partial charge in [-0.1, -0.05) is 0 Å². The largest absolute Gasteiger partial charge is 0.371 e. The second kappa shape index (κ2) is 6.91. The maximum Gasteiger partial charge on any atom is 0.270 e. The zero-order chi connectivity index (χ0) is 17.0. The Hall–Kier alpha value is -2.90. The fraction of sp³-hybridized carbons (Fsp3) is 0.333. The second-order valence-electron chi connectivity index (χ2n) is 5.40. The standard InChI is InChI=1S/C15H18N4O4/c16-14(20)4-1-11-9-12(19(22)23)2-3-13(11)18-7-5-10(6-8-18)15(17)21/h1-4,9-10H,5-8H2,(H2,16,20)(H2,17,21)/b4-1+. The van der Waals surface area contributed by atoms with Gasteiger partial charge < -0.3 is 16.4 Å². The smallest absolute Gasteiger partial charge is 0.270 e. The van der Waals surface area contributed by atoms with Crippen LogP contribution in [0, 0.1) is 16.0 Å². The number of amides is 2. The molecule has 0 spiro atoms. The van der Waals surface area contributed by atoms with E-state index < -0.39 is 10.8 Å². The highest BCUT2D eigenvalue weighted by molar-refractivity contribution is 5.91. The summed E-state index contributed by atoms with van der Waals surface area (Å²) in [5.74, 6) is -1.08.